The summed E-state index contributed by atoms with van der Waals surface area (Å²) in [6.45, 7) is 0.0795. The fraction of sp³-hybridized carbons (Fsp3) is 0.250. The van der Waals surface area contributed by atoms with Crippen molar-refractivity contribution in [3.63, 3.8) is 0 Å². The summed E-state index contributed by atoms with van der Waals surface area (Å²) >= 11 is 0. The Labute approximate surface area is 118 Å². The van der Waals surface area contributed by atoms with Crippen LogP contribution in [0.3, 0.4) is 0 Å². The Hall–Kier alpha value is -1.88. The first-order valence-corrected chi connectivity index (χ1v) is 6.48. The van der Waals surface area contributed by atoms with Crippen LogP contribution in [0.4, 0.5) is 0 Å². The molecular formula is C16H19NO3. The van der Waals surface area contributed by atoms with Crippen molar-refractivity contribution in [1.82, 2.24) is 0 Å². The summed E-state index contributed by atoms with van der Waals surface area (Å²) in [5.41, 5.74) is 5.95. The Morgan fingerprint density at radius 3 is 2.45 bits per heavy atom. The van der Waals surface area contributed by atoms with Crippen molar-refractivity contribution >= 4 is 0 Å². The summed E-state index contributed by atoms with van der Waals surface area (Å²) in [5.74, 6) is 0.597. The van der Waals surface area contributed by atoms with Crippen LogP contribution in [-0.2, 0) is 12.2 Å². The van der Waals surface area contributed by atoms with Crippen LogP contribution >= 0.6 is 0 Å². The Bertz CT molecular complexity index is 544. The van der Waals surface area contributed by atoms with Crippen molar-refractivity contribution in [2.45, 2.75) is 12.2 Å². The average Bonchev–Trinajstić information content (AvgIpc) is 2.53. The van der Waals surface area contributed by atoms with E-state index in [1.165, 1.54) is 0 Å². The number of rotatable bonds is 6. The second-order valence-electron chi connectivity index (χ2n) is 4.70. The molecule has 0 saturated heterocycles. The van der Waals surface area contributed by atoms with Gasteiger partial charge in [-0.3, -0.25) is 0 Å². The molecule has 106 valence electrons. The predicted octanol–water partition coefficient (Wildman–Crippen LogP) is 1.40. The minimum absolute atomic E-state index is 0.0446. The van der Waals surface area contributed by atoms with Crippen LogP contribution in [0.15, 0.2) is 54.6 Å². The summed E-state index contributed by atoms with van der Waals surface area (Å²) in [4.78, 5) is 0. The molecule has 4 heteroatoms. The van der Waals surface area contributed by atoms with Gasteiger partial charge in [0.1, 0.15) is 18.0 Å². The highest BCUT2D eigenvalue weighted by Crippen LogP contribution is 2.22. The minimum Gasteiger partial charge on any atom is -0.490 e. The molecule has 0 aliphatic rings. The van der Waals surface area contributed by atoms with Crippen LogP contribution in [0, 0.1) is 0 Å². The number of aliphatic hydroxyl groups is 2. The second kappa shape index (κ2) is 6.52. The molecule has 2 aromatic rings. The molecule has 0 saturated carbocycles. The van der Waals surface area contributed by atoms with Crippen LogP contribution < -0.4 is 10.5 Å². The monoisotopic (exact) mass is 273 g/mol. The molecule has 4 nitrogen and oxygen atoms in total. The molecule has 2 rings (SSSR count). The molecule has 1 atom stereocenters. The zero-order valence-electron chi connectivity index (χ0n) is 11.2. The minimum atomic E-state index is -1.23. The quantitative estimate of drug-likeness (QED) is 0.743. The van der Waals surface area contributed by atoms with Gasteiger partial charge in [0.2, 0.25) is 0 Å². The summed E-state index contributed by atoms with van der Waals surface area (Å²) in [6.07, 6.45) is 0. The zero-order valence-corrected chi connectivity index (χ0v) is 11.2. The molecule has 0 radical (unpaired) electrons. The van der Waals surface area contributed by atoms with Crippen molar-refractivity contribution in [3.05, 3.63) is 65.7 Å². The molecule has 0 fully saturated rings. The third-order valence-electron chi connectivity index (χ3n) is 3.21. The lowest BCUT2D eigenvalue weighted by molar-refractivity contribution is -0.00148. The number of hydrogen-bond acceptors (Lipinski definition) is 4. The van der Waals surface area contributed by atoms with Gasteiger partial charge in [-0.15, -0.1) is 0 Å². The van der Waals surface area contributed by atoms with E-state index in [0.29, 0.717) is 5.75 Å². The van der Waals surface area contributed by atoms with E-state index in [0.717, 1.165) is 11.1 Å². The van der Waals surface area contributed by atoms with E-state index in [2.05, 4.69) is 0 Å². The van der Waals surface area contributed by atoms with Crippen LogP contribution in [0.25, 0.3) is 0 Å². The second-order valence-corrected chi connectivity index (χ2v) is 4.70. The third-order valence-corrected chi connectivity index (χ3v) is 3.21. The number of ether oxygens (including phenoxy) is 1. The first-order valence-electron chi connectivity index (χ1n) is 6.48. The molecule has 0 aliphatic heterocycles. The molecular weight excluding hydrogens is 254 g/mol. The molecule has 1 unspecified atom stereocenters. The van der Waals surface area contributed by atoms with Gasteiger partial charge in [-0.05, 0) is 23.3 Å². The number of nitrogens with two attached hydrogens (primary N) is 1. The van der Waals surface area contributed by atoms with Gasteiger partial charge >= 0.3 is 0 Å². The molecule has 0 amide bonds. The fourth-order valence-corrected chi connectivity index (χ4v) is 1.94. The summed E-state index contributed by atoms with van der Waals surface area (Å²) in [7, 11) is 0. The van der Waals surface area contributed by atoms with Gasteiger partial charge in [0.15, 0.2) is 0 Å². The maximum atomic E-state index is 10.6. The van der Waals surface area contributed by atoms with E-state index < -0.39 is 5.60 Å². The van der Waals surface area contributed by atoms with E-state index in [1.54, 1.807) is 24.3 Å². The van der Waals surface area contributed by atoms with Gasteiger partial charge in [0.25, 0.3) is 0 Å². The molecule has 0 heterocycles. The van der Waals surface area contributed by atoms with Crippen LogP contribution in [0.2, 0.25) is 0 Å². The van der Waals surface area contributed by atoms with E-state index in [4.69, 9.17) is 15.6 Å². The average molecular weight is 273 g/mol. The molecule has 0 spiro atoms. The Kier molecular flexibility index (Phi) is 4.74. The fourth-order valence-electron chi connectivity index (χ4n) is 1.94. The highest BCUT2D eigenvalue weighted by Gasteiger charge is 2.28. The smallest absolute Gasteiger partial charge is 0.136 e. The first kappa shape index (κ1) is 14.5. The third kappa shape index (κ3) is 3.36. The van der Waals surface area contributed by atoms with Crippen LogP contribution in [-0.4, -0.2) is 23.4 Å². The molecule has 20 heavy (non-hydrogen) atoms. The predicted molar refractivity (Wildman–Crippen MR) is 77.3 cm³/mol. The number of hydrogen-bond donors (Lipinski definition) is 3. The van der Waals surface area contributed by atoms with E-state index in [1.807, 2.05) is 30.3 Å². The van der Waals surface area contributed by atoms with Crippen molar-refractivity contribution in [1.29, 1.82) is 0 Å². The molecule has 4 N–H and O–H groups in total. The van der Waals surface area contributed by atoms with Gasteiger partial charge in [-0.25, -0.2) is 0 Å². The molecule has 0 aromatic heterocycles. The lowest BCUT2D eigenvalue weighted by Gasteiger charge is -2.27. The first-order chi connectivity index (χ1) is 9.68. The summed E-state index contributed by atoms with van der Waals surface area (Å²) < 4.78 is 5.62. The van der Waals surface area contributed by atoms with Gasteiger partial charge in [-0.1, -0.05) is 42.5 Å². The summed E-state index contributed by atoms with van der Waals surface area (Å²) in [6, 6.07) is 16.3. The van der Waals surface area contributed by atoms with Gasteiger partial charge in [-0.2, -0.15) is 0 Å². The Balaban J connectivity index is 2.10. The van der Waals surface area contributed by atoms with Crippen molar-refractivity contribution in [2.24, 2.45) is 5.73 Å². The standard InChI is InChI=1S/C16H19NO3/c17-11-16(19,14-6-2-1-3-7-14)12-20-15-8-4-5-13(9-15)10-18/h1-9,18-19H,10-12,17H2. The van der Waals surface area contributed by atoms with E-state index in [9.17, 15) is 5.11 Å². The molecule has 0 bridgehead atoms. The molecule has 2 aromatic carbocycles. The van der Waals surface area contributed by atoms with Crippen molar-refractivity contribution < 1.29 is 14.9 Å². The van der Waals surface area contributed by atoms with Gasteiger partial charge in [0, 0.05) is 6.54 Å². The lowest BCUT2D eigenvalue weighted by atomic mass is 9.95. The van der Waals surface area contributed by atoms with Gasteiger partial charge < -0.3 is 20.7 Å². The Morgan fingerprint density at radius 1 is 1.05 bits per heavy atom. The number of aliphatic hydroxyl groups excluding tert-OH is 1. The van der Waals surface area contributed by atoms with Crippen LogP contribution in [0.1, 0.15) is 11.1 Å². The van der Waals surface area contributed by atoms with Crippen molar-refractivity contribution in [3.8, 4) is 5.75 Å². The van der Waals surface area contributed by atoms with E-state index in [-0.39, 0.29) is 19.8 Å². The maximum absolute atomic E-state index is 10.6. The maximum Gasteiger partial charge on any atom is 0.136 e. The zero-order chi connectivity index (χ0) is 14.4. The SMILES string of the molecule is NCC(O)(COc1cccc(CO)c1)c1ccccc1. The van der Waals surface area contributed by atoms with Crippen molar-refractivity contribution in [2.75, 3.05) is 13.2 Å². The lowest BCUT2D eigenvalue weighted by Crippen LogP contribution is -2.40. The summed E-state index contributed by atoms with van der Waals surface area (Å²) in [5, 5.41) is 19.7. The largest absolute Gasteiger partial charge is 0.490 e. The Morgan fingerprint density at radius 2 is 1.80 bits per heavy atom. The van der Waals surface area contributed by atoms with Gasteiger partial charge in [0.05, 0.1) is 6.61 Å². The molecule has 0 aliphatic carbocycles. The van der Waals surface area contributed by atoms with E-state index >= 15 is 0 Å². The normalized spacial score (nSPS) is 13.8. The highest BCUT2D eigenvalue weighted by molar-refractivity contribution is 5.29. The van der Waals surface area contributed by atoms with Crippen LogP contribution in [0.5, 0.6) is 5.75 Å². The highest BCUT2D eigenvalue weighted by atomic mass is 16.5. The number of benzene rings is 2. The topological polar surface area (TPSA) is 75.7 Å².